The molecule has 0 saturated carbocycles. The van der Waals surface area contributed by atoms with E-state index in [-0.39, 0.29) is 28.9 Å². The maximum absolute atomic E-state index is 12.5. The minimum atomic E-state index is -1.24. The van der Waals surface area contributed by atoms with Crippen LogP contribution in [0.5, 0.6) is 11.5 Å². The standard InChI is InChI=1S/C20H21ClO5/c1-12(2)25-19(24)20(3,4)26-15-9-10-16(17(22)11-15)18(23)13-5-7-14(21)8-6-13/h5-12,22H,1-4H3. The van der Waals surface area contributed by atoms with Gasteiger partial charge in [0.2, 0.25) is 0 Å². The molecule has 0 bridgehead atoms. The van der Waals surface area contributed by atoms with Gasteiger partial charge in [-0.05, 0) is 64.1 Å². The largest absolute Gasteiger partial charge is 0.507 e. The number of carbonyl (C=O) groups excluding carboxylic acids is 2. The lowest BCUT2D eigenvalue weighted by atomic mass is 10.0. The van der Waals surface area contributed by atoms with Gasteiger partial charge < -0.3 is 14.6 Å². The summed E-state index contributed by atoms with van der Waals surface area (Å²) in [5, 5.41) is 10.7. The fourth-order valence-electron chi connectivity index (χ4n) is 2.22. The Labute approximate surface area is 157 Å². The number of hydrogen-bond acceptors (Lipinski definition) is 5. The normalized spacial score (nSPS) is 11.3. The molecule has 2 rings (SSSR count). The Hall–Kier alpha value is -2.53. The van der Waals surface area contributed by atoms with E-state index in [4.69, 9.17) is 21.1 Å². The summed E-state index contributed by atoms with van der Waals surface area (Å²) in [6.07, 6.45) is -0.266. The fourth-order valence-corrected chi connectivity index (χ4v) is 2.34. The van der Waals surface area contributed by atoms with Gasteiger partial charge in [0.1, 0.15) is 11.5 Å². The van der Waals surface area contributed by atoms with Crippen molar-refractivity contribution in [3.05, 3.63) is 58.6 Å². The zero-order valence-corrected chi connectivity index (χ0v) is 15.8. The fraction of sp³-hybridized carbons (Fsp3) is 0.300. The Balaban J connectivity index is 2.20. The number of hydrogen-bond donors (Lipinski definition) is 1. The van der Waals surface area contributed by atoms with E-state index in [0.717, 1.165) is 0 Å². The summed E-state index contributed by atoms with van der Waals surface area (Å²) in [7, 11) is 0. The van der Waals surface area contributed by atoms with Crippen LogP contribution in [0.2, 0.25) is 5.02 Å². The molecular weight excluding hydrogens is 356 g/mol. The number of ketones is 1. The zero-order chi connectivity index (χ0) is 19.5. The van der Waals surface area contributed by atoms with Gasteiger partial charge in [0.15, 0.2) is 11.4 Å². The quantitative estimate of drug-likeness (QED) is 0.598. The molecule has 0 atom stereocenters. The van der Waals surface area contributed by atoms with Crippen molar-refractivity contribution in [2.24, 2.45) is 0 Å². The molecule has 6 heteroatoms. The van der Waals surface area contributed by atoms with Gasteiger partial charge >= 0.3 is 5.97 Å². The third-order valence-corrected chi connectivity index (χ3v) is 3.78. The first-order valence-corrected chi connectivity index (χ1v) is 8.51. The second-order valence-electron chi connectivity index (χ2n) is 6.58. The summed E-state index contributed by atoms with van der Waals surface area (Å²) in [5.41, 5.74) is -0.709. The highest BCUT2D eigenvalue weighted by Gasteiger charge is 2.32. The monoisotopic (exact) mass is 376 g/mol. The Kier molecular flexibility index (Phi) is 5.93. The molecule has 2 aromatic rings. The van der Waals surface area contributed by atoms with Crippen LogP contribution < -0.4 is 4.74 Å². The molecule has 0 radical (unpaired) electrons. The van der Waals surface area contributed by atoms with E-state index in [9.17, 15) is 14.7 Å². The molecule has 0 aliphatic heterocycles. The van der Waals surface area contributed by atoms with Crippen molar-refractivity contribution >= 4 is 23.4 Å². The number of phenolic OH excluding ortho intramolecular Hbond substituents is 1. The van der Waals surface area contributed by atoms with Crippen molar-refractivity contribution in [2.45, 2.75) is 39.4 Å². The molecular formula is C20H21ClO5. The van der Waals surface area contributed by atoms with Crippen LogP contribution in [0.4, 0.5) is 0 Å². The molecule has 26 heavy (non-hydrogen) atoms. The van der Waals surface area contributed by atoms with E-state index >= 15 is 0 Å². The third-order valence-electron chi connectivity index (χ3n) is 3.53. The molecule has 0 heterocycles. The summed E-state index contributed by atoms with van der Waals surface area (Å²) in [6, 6.07) is 10.6. The van der Waals surface area contributed by atoms with Crippen molar-refractivity contribution in [3.63, 3.8) is 0 Å². The highest BCUT2D eigenvalue weighted by molar-refractivity contribution is 6.30. The average molecular weight is 377 g/mol. The maximum Gasteiger partial charge on any atom is 0.350 e. The molecule has 2 aromatic carbocycles. The van der Waals surface area contributed by atoms with Gasteiger partial charge in [0, 0.05) is 16.7 Å². The average Bonchev–Trinajstić information content (AvgIpc) is 2.54. The minimum Gasteiger partial charge on any atom is -0.507 e. The van der Waals surface area contributed by atoms with Crippen LogP contribution in [0.3, 0.4) is 0 Å². The van der Waals surface area contributed by atoms with Crippen LogP contribution in [-0.4, -0.2) is 28.6 Å². The van der Waals surface area contributed by atoms with Gasteiger partial charge in [-0.3, -0.25) is 4.79 Å². The number of benzene rings is 2. The Morgan fingerprint density at radius 1 is 1.08 bits per heavy atom. The molecule has 0 unspecified atom stereocenters. The first-order valence-electron chi connectivity index (χ1n) is 8.13. The van der Waals surface area contributed by atoms with Crippen LogP contribution in [0.1, 0.15) is 43.6 Å². The molecule has 1 N–H and O–H groups in total. The number of carbonyl (C=O) groups is 2. The van der Waals surface area contributed by atoms with Crippen LogP contribution in [0, 0.1) is 0 Å². The van der Waals surface area contributed by atoms with Gasteiger partial charge in [-0.25, -0.2) is 4.79 Å². The minimum absolute atomic E-state index is 0.127. The number of aromatic hydroxyl groups is 1. The first kappa shape index (κ1) is 19.8. The van der Waals surface area contributed by atoms with Crippen molar-refractivity contribution in [2.75, 3.05) is 0 Å². The van der Waals surface area contributed by atoms with Crippen LogP contribution >= 0.6 is 11.6 Å². The van der Waals surface area contributed by atoms with Crippen molar-refractivity contribution in [1.82, 2.24) is 0 Å². The molecule has 0 saturated heterocycles. The zero-order valence-electron chi connectivity index (χ0n) is 15.1. The second kappa shape index (κ2) is 7.79. The van der Waals surface area contributed by atoms with Gasteiger partial charge in [-0.1, -0.05) is 11.6 Å². The number of esters is 1. The summed E-state index contributed by atoms with van der Waals surface area (Å²) in [6.45, 7) is 6.64. The summed E-state index contributed by atoms with van der Waals surface area (Å²) < 4.78 is 10.8. The van der Waals surface area contributed by atoms with Crippen LogP contribution in [0.25, 0.3) is 0 Å². The number of phenols is 1. The topological polar surface area (TPSA) is 72.8 Å². The summed E-state index contributed by atoms with van der Waals surface area (Å²) in [5.74, 6) is -0.853. The van der Waals surface area contributed by atoms with Crippen LogP contribution in [0.15, 0.2) is 42.5 Å². The second-order valence-corrected chi connectivity index (χ2v) is 7.02. The predicted octanol–water partition coefficient (Wildman–Crippen LogP) is 4.39. The van der Waals surface area contributed by atoms with E-state index < -0.39 is 11.6 Å². The number of ether oxygens (including phenoxy) is 2. The van der Waals surface area contributed by atoms with E-state index in [1.807, 2.05) is 0 Å². The SMILES string of the molecule is CC(C)OC(=O)C(C)(C)Oc1ccc(C(=O)c2ccc(Cl)cc2)c(O)c1. The highest BCUT2D eigenvalue weighted by Crippen LogP contribution is 2.29. The van der Waals surface area contributed by atoms with E-state index in [2.05, 4.69) is 0 Å². The highest BCUT2D eigenvalue weighted by atomic mass is 35.5. The van der Waals surface area contributed by atoms with Gasteiger partial charge in [0.05, 0.1) is 11.7 Å². The van der Waals surface area contributed by atoms with E-state index in [0.29, 0.717) is 10.6 Å². The maximum atomic E-state index is 12.5. The van der Waals surface area contributed by atoms with Gasteiger partial charge in [0.25, 0.3) is 0 Å². The molecule has 0 spiro atoms. The molecule has 0 fully saturated rings. The molecule has 138 valence electrons. The predicted molar refractivity (Wildman–Crippen MR) is 98.9 cm³/mol. The van der Waals surface area contributed by atoms with Gasteiger partial charge in [-0.2, -0.15) is 0 Å². The van der Waals surface area contributed by atoms with E-state index in [1.165, 1.54) is 18.2 Å². The number of rotatable bonds is 6. The third kappa shape index (κ3) is 4.76. The Morgan fingerprint density at radius 3 is 2.23 bits per heavy atom. The Bertz CT molecular complexity index is 809. The Morgan fingerprint density at radius 2 is 1.69 bits per heavy atom. The molecule has 0 amide bonds. The molecule has 0 aliphatic carbocycles. The van der Waals surface area contributed by atoms with Crippen molar-refractivity contribution in [3.8, 4) is 11.5 Å². The lowest BCUT2D eigenvalue weighted by Gasteiger charge is -2.25. The molecule has 0 aromatic heterocycles. The lowest BCUT2D eigenvalue weighted by molar-refractivity contribution is -0.163. The van der Waals surface area contributed by atoms with Crippen molar-refractivity contribution < 1.29 is 24.2 Å². The first-order chi connectivity index (χ1) is 12.1. The molecule has 5 nitrogen and oxygen atoms in total. The molecule has 0 aliphatic rings. The van der Waals surface area contributed by atoms with Crippen LogP contribution in [-0.2, 0) is 9.53 Å². The van der Waals surface area contributed by atoms with Crippen molar-refractivity contribution in [1.29, 1.82) is 0 Å². The smallest absolute Gasteiger partial charge is 0.350 e. The summed E-state index contributed by atoms with van der Waals surface area (Å²) >= 11 is 5.82. The summed E-state index contributed by atoms with van der Waals surface area (Å²) in [4.78, 5) is 24.6. The van der Waals surface area contributed by atoms with Gasteiger partial charge in [-0.15, -0.1) is 0 Å². The number of halogens is 1. The lowest BCUT2D eigenvalue weighted by Crippen LogP contribution is -2.40. The van der Waals surface area contributed by atoms with E-state index in [1.54, 1.807) is 52.0 Å².